The average molecular weight is 328 g/mol. The fourth-order valence-electron chi connectivity index (χ4n) is 3.53. The van der Waals surface area contributed by atoms with Gasteiger partial charge in [-0.15, -0.1) is 0 Å². The van der Waals surface area contributed by atoms with Crippen molar-refractivity contribution in [2.75, 3.05) is 5.32 Å². The summed E-state index contributed by atoms with van der Waals surface area (Å²) in [7, 11) is 0. The molecule has 4 rings (SSSR count). The minimum atomic E-state index is 0.0536. The summed E-state index contributed by atoms with van der Waals surface area (Å²) in [6, 6.07) is 24.0. The molecule has 3 aromatic rings. The Morgan fingerprint density at radius 2 is 1.64 bits per heavy atom. The van der Waals surface area contributed by atoms with Crippen LogP contribution in [0.4, 0.5) is 5.69 Å². The molecule has 124 valence electrons. The van der Waals surface area contributed by atoms with E-state index >= 15 is 0 Å². The van der Waals surface area contributed by atoms with Crippen molar-refractivity contribution in [3.63, 3.8) is 0 Å². The Labute approximate surface area is 147 Å². The van der Waals surface area contributed by atoms with Crippen molar-refractivity contribution in [2.45, 2.75) is 12.8 Å². The number of carbonyl (C=O) groups excluding carboxylic acids is 1. The first-order valence-corrected chi connectivity index (χ1v) is 8.61. The number of nitrogens with one attached hydrogen (secondary N) is 1. The molecule has 1 N–H and O–H groups in total. The van der Waals surface area contributed by atoms with Crippen LogP contribution in [0.2, 0.25) is 0 Å². The third-order valence-electron chi connectivity index (χ3n) is 4.98. The van der Waals surface area contributed by atoms with Crippen molar-refractivity contribution >= 4 is 11.6 Å². The van der Waals surface area contributed by atoms with E-state index < -0.39 is 0 Å². The number of pyridine rings is 1. The van der Waals surface area contributed by atoms with Crippen molar-refractivity contribution in [1.29, 1.82) is 0 Å². The maximum atomic E-state index is 12.6. The summed E-state index contributed by atoms with van der Waals surface area (Å²) in [6.45, 7) is 2.14. The van der Waals surface area contributed by atoms with E-state index in [2.05, 4.69) is 29.4 Å². The lowest BCUT2D eigenvalue weighted by molar-refractivity contribution is -0.117. The normalized spacial score (nSPS) is 21.6. The van der Waals surface area contributed by atoms with Crippen LogP contribution in [0.5, 0.6) is 0 Å². The van der Waals surface area contributed by atoms with Gasteiger partial charge in [0.25, 0.3) is 0 Å². The molecule has 0 bridgehead atoms. The van der Waals surface area contributed by atoms with E-state index in [1.807, 2.05) is 60.7 Å². The molecule has 1 aliphatic carbocycles. The number of anilines is 1. The number of carbonyl (C=O) groups is 1. The molecular weight excluding hydrogens is 308 g/mol. The van der Waals surface area contributed by atoms with Gasteiger partial charge in [-0.3, -0.25) is 9.78 Å². The molecule has 0 aliphatic heterocycles. The molecule has 1 heterocycles. The Morgan fingerprint density at radius 3 is 2.32 bits per heavy atom. The lowest BCUT2D eigenvalue weighted by atomic mass is 10.1. The summed E-state index contributed by atoms with van der Waals surface area (Å²) >= 11 is 0. The third kappa shape index (κ3) is 3.18. The number of rotatable bonds is 4. The van der Waals surface area contributed by atoms with Crippen molar-refractivity contribution < 1.29 is 4.79 Å². The second-order valence-electron chi connectivity index (χ2n) is 6.60. The summed E-state index contributed by atoms with van der Waals surface area (Å²) in [6.07, 6.45) is 1.78. The van der Waals surface area contributed by atoms with Gasteiger partial charge in [0.1, 0.15) is 0 Å². The van der Waals surface area contributed by atoms with Gasteiger partial charge >= 0.3 is 0 Å². The van der Waals surface area contributed by atoms with Gasteiger partial charge in [0.05, 0.1) is 5.69 Å². The highest BCUT2D eigenvalue weighted by molar-refractivity contribution is 5.95. The molecule has 0 spiro atoms. The van der Waals surface area contributed by atoms with Crippen LogP contribution in [0.15, 0.2) is 79.0 Å². The Kier molecular flexibility index (Phi) is 4.06. The summed E-state index contributed by atoms with van der Waals surface area (Å²) in [5.41, 5.74) is 4.05. The van der Waals surface area contributed by atoms with Crippen molar-refractivity contribution in [2.24, 2.45) is 11.8 Å². The highest BCUT2D eigenvalue weighted by Crippen LogP contribution is 2.54. The molecule has 0 radical (unpaired) electrons. The van der Waals surface area contributed by atoms with Gasteiger partial charge < -0.3 is 5.32 Å². The molecule has 1 aliphatic rings. The second kappa shape index (κ2) is 6.52. The van der Waals surface area contributed by atoms with E-state index in [9.17, 15) is 4.79 Å². The Hall–Kier alpha value is -2.94. The number of hydrogen-bond donors (Lipinski definition) is 1. The van der Waals surface area contributed by atoms with E-state index in [0.717, 1.165) is 16.9 Å². The lowest BCUT2D eigenvalue weighted by Crippen LogP contribution is -2.15. The van der Waals surface area contributed by atoms with Crippen LogP contribution in [0.25, 0.3) is 11.3 Å². The summed E-state index contributed by atoms with van der Waals surface area (Å²) in [5, 5.41) is 3.05. The molecule has 3 unspecified atom stereocenters. The SMILES string of the molecule is CC1C(C(=O)Nc2ccc(-c3ccccn3)cc2)C1c1ccccc1. The van der Waals surface area contributed by atoms with Crippen LogP contribution in [0.3, 0.4) is 0 Å². The highest BCUT2D eigenvalue weighted by atomic mass is 16.2. The fourth-order valence-corrected chi connectivity index (χ4v) is 3.53. The predicted molar refractivity (Wildman–Crippen MR) is 100 cm³/mol. The van der Waals surface area contributed by atoms with Gasteiger partial charge in [0.15, 0.2) is 0 Å². The van der Waals surface area contributed by atoms with Gasteiger partial charge in [-0.1, -0.05) is 55.5 Å². The largest absolute Gasteiger partial charge is 0.326 e. The first-order chi connectivity index (χ1) is 12.2. The molecule has 2 aromatic carbocycles. The van der Waals surface area contributed by atoms with Crippen LogP contribution in [-0.4, -0.2) is 10.9 Å². The molecule has 1 amide bonds. The molecule has 1 aromatic heterocycles. The molecule has 1 fully saturated rings. The zero-order valence-electron chi connectivity index (χ0n) is 14.1. The minimum absolute atomic E-state index is 0.0536. The monoisotopic (exact) mass is 328 g/mol. The van der Waals surface area contributed by atoms with Crippen LogP contribution < -0.4 is 5.32 Å². The first-order valence-electron chi connectivity index (χ1n) is 8.61. The molecule has 3 atom stereocenters. The fraction of sp³-hybridized carbons (Fsp3) is 0.182. The van der Waals surface area contributed by atoms with Crippen LogP contribution in [0, 0.1) is 11.8 Å². The van der Waals surface area contributed by atoms with Gasteiger partial charge in [0, 0.05) is 23.4 Å². The summed E-state index contributed by atoms with van der Waals surface area (Å²) in [4.78, 5) is 16.9. The Morgan fingerprint density at radius 1 is 0.920 bits per heavy atom. The molecule has 0 saturated heterocycles. The van der Waals surface area contributed by atoms with Crippen molar-refractivity contribution in [3.05, 3.63) is 84.6 Å². The van der Waals surface area contributed by atoms with E-state index in [-0.39, 0.29) is 11.8 Å². The molecular formula is C22H20N2O. The van der Waals surface area contributed by atoms with E-state index in [0.29, 0.717) is 11.8 Å². The van der Waals surface area contributed by atoms with E-state index in [1.54, 1.807) is 6.20 Å². The lowest BCUT2D eigenvalue weighted by Gasteiger charge is -2.07. The van der Waals surface area contributed by atoms with Gasteiger partial charge in [-0.05, 0) is 41.7 Å². The van der Waals surface area contributed by atoms with E-state index in [1.165, 1.54) is 5.56 Å². The number of aromatic nitrogens is 1. The van der Waals surface area contributed by atoms with Crippen LogP contribution in [-0.2, 0) is 4.79 Å². The van der Waals surface area contributed by atoms with Crippen molar-refractivity contribution in [1.82, 2.24) is 4.98 Å². The van der Waals surface area contributed by atoms with Crippen molar-refractivity contribution in [3.8, 4) is 11.3 Å². The van der Waals surface area contributed by atoms with Gasteiger partial charge in [0.2, 0.25) is 5.91 Å². The smallest absolute Gasteiger partial charge is 0.228 e. The van der Waals surface area contributed by atoms with Gasteiger partial charge in [-0.25, -0.2) is 0 Å². The number of benzene rings is 2. The zero-order chi connectivity index (χ0) is 17.2. The maximum absolute atomic E-state index is 12.6. The minimum Gasteiger partial charge on any atom is -0.326 e. The summed E-state index contributed by atoms with van der Waals surface area (Å²) in [5.74, 6) is 0.869. The third-order valence-corrected chi connectivity index (χ3v) is 4.98. The Bertz CT molecular complexity index is 860. The maximum Gasteiger partial charge on any atom is 0.228 e. The Balaban J connectivity index is 1.43. The van der Waals surface area contributed by atoms with Crippen LogP contribution >= 0.6 is 0 Å². The van der Waals surface area contributed by atoms with E-state index in [4.69, 9.17) is 0 Å². The number of amides is 1. The average Bonchev–Trinajstić information content (AvgIpc) is 3.35. The quantitative estimate of drug-likeness (QED) is 0.752. The first kappa shape index (κ1) is 15.6. The second-order valence-corrected chi connectivity index (χ2v) is 6.60. The predicted octanol–water partition coefficient (Wildman–Crippen LogP) is 4.74. The topological polar surface area (TPSA) is 42.0 Å². The summed E-state index contributed by atoms with van der Waals surface area (Å²) < 4.78 is 0. The molecule has 3 heteroatoms. The molecule has 1 saturated carbocycles. The highest BCUT2D eigenvalue weighted by Gasteiger charge is 2.52. The number of nitrogens with zero attached hydrogens (tertiary/aromatic N) is 1. The van der Waals surface area contributed by atoms with Crippen LogP contribution in [0.1, 0.15) is 18.4 Å². The molecule has 25 heavy (non-hydrogen) atoms. The standard InChI is InChI=1S/C22H20N2O/c1-15-20(17-7-3-2-4-8-17)21(15)22(25)24-18-12-10-16(11-13-18)19-9-5-6-14-23-19/h2-15,20-21H,1H3,(H,24,25). The zero-order valence-corrected chi connectivity index (χ0v) is 14.1. The number of hydrogen-bond acceptors (Lipinski definition) is 2. The van der Waals surface area contributed by atoms with Gasteiger partial charge in [-0.2, -0.15) is 0 Å². The molecule has 3 nitrogen and oxygen atoms in total.